The molecule has 156 valence electrons. The van der Waals surface area contributed by atoms with Gasteiger partial charge in [0.1, 0.15) is 11.9 Å². The number of esters is 1. The summed E-state index contributed by atoms with van der Waals surface area (Å²) in [7, 11) is -2.98. The van der Waals surface area contributed by atoms with E-state index in [9.17, 15) is 24.3 Å². The van der Waals surface area contributed by atoms with Gasteiger partial charge in [-0.05, 0) is 31.6 Å². The molecule has 1 unspecified atom stereocenters. The third-order valence-electron chi connectivity index (χ3n) is 3.55. The molecule has 11 heteroatoms. The second-order valence-electron chi connectivity index (χ2n) is 5.76. The van der Waals surface area contributed by atoms with Crippen LogP contribution in [0.15, 0.2) is 35.8 Å². The summed E-state index contributed by atoms with van der Waals surface area (Å²) in [6.07, 6.45) is 7.00. The predicted octanol–water partition coefficient (Wildman–Crippen LogP) is 2.70. The topological polar surface area (TPSA) is 134 Å². The lowest BCUT2D eigenvalue weighted by Crippen LogP contribution is -2.26. The average molecular weight is 416 g/mol. The molecule has 0 aromatic heterocycles. The first-order valence-electron chi connectivity index (χ1n) is 8.85. The van der Waals surface area contributed by atoms with Crippen LogP contribution >= 0.6 is 7.37 Å². The minimum Gasteiger partial charge on any atom is -0.427 e. The smallest absolute Gasteiger partial charge is 0.311 e. The van der Waals surface area contributed by atoms with E-state index in [2.05, 4.69) is 10.2 Å². The molecule has 0 heterocycles. The van der Waals surface area contributed by atoms with Crippen molar-refractivity contribution >= 4 is 19.2 Å². The summed E-state index contributed by atoms with van der Waals surface area (Å²) in [4.78, 5) is 38.0. The largest absolute Gasteiger partial charge is 0.427 e. The fourth-order valence-electron chi connectivity index (χ4n) is 2.23. The first-order chi connectivity index (χ1) is 13.3. The second-order valence-corrected chi connectivity index (χ2v) is 8.59. The maximum absolute atomic E-state index is 12.4. The van der Waals surface area contributed by atoms with E-state index in [0.717, 1.165) is 0 Å². The predicted molar refractivity (Wildman–Crippen MR) is 101 cm³/mol. The van der Waals surface area contributed by atoms with E-state index < -0.39 is 24.3 Å². The number of hydrogen-bond acceptors (Lipinski definition) is 8. The van der Waals surface area contributed by atoms with E-state index in [1.54, 1.807) is 32.1 Å². The molecule has 28 heavy (non-hydrogen) atoms. The van der Waals surface area contributed by atoms with Crippen molar-refractivity contribution < 1.29 is 33.3 Å². The first-order valence-corrected chi connectivity index (χ1v) is 10.9. The molecule has 1 rings (SSSR count). The molecule has 1 amide bonds. The van der Waals surface area contributed by atoms with Crippen LogP contribution in [0.4, 0.5) is 0 Å². The quantitative estimate of drug-likeness (QED) is 0.169. The van der Waals surface area contributed by atoms with Crippen molar-refractivity contribution in [1.82, 2.24) is 5.32 Å². The van der Waals surface area contributed by atoms with Crippen LogP contribution in [0.5, 0.6) is 0 Å². The van der Waals surface area contributed by atoms with E-state index >= 15 is 0 Å². The van der Waals surface area contributed by atoms with Gasteiger partial charge >= 0.3 is 5.97 Å². The minimum absolute atomic E-state index is 0.0317. The van der Waals surface area contributed by atoms with Gasteiger partial charge in [-0.3, -0.25) is 14.2 Å². The highest BCUT2D eigenvalue weighted by Crippen LogP contribution is 2.45. The van der Waals surface area contributed by atoms with E-state index in [1.807, 2.05) is 0 Å². The molecular formula is C17H25N2O8P. The Morgan fingerprint density at radius 3 is 2.71 bits per heavy atom. The van der Waals surface area contributed by atoms with Gasteiger partial charge in [-0.25, -0.2) is 0 Å². The molecule has 0 fully saturated rings. The number of nitrogens with zero attached hydrogens (tertiary/aromatic N) is 1. The van der Waals surface area contributed by atoms with Crippen LogP contribution in [0.3, 0.4) is 0 Å². The van der Waals surface area contributed by atoms with Gasteiger partial charge in [-0.2, -0.15) is 0 Å². The number of nitrogens with one attached hydrogen (secondary N) is 1. The van der Waals surface area contributed by atoms with Gasteiger partial charge in [0.05, 0.1) is 13.2 Å². The van der Waals surface area contributed by atoms with Crippen LogP contribution in [-0.4, -0.2) is 42.5 Å². The van der Waals surface area contributed by atoms with Crippen LogP contribution in [0.1, 0.15) is 33.1 Å². The van der Waals surface area contributed by atoms with Crippen LogP contribution in [-0.2, 0) is 28.3 Å². The van der Waals surface area contributed by atoms with E-state index in [0.29, 0.717) is 12.1 Å². The summed E-state index contributed by atoms with van der Waals surface area (Å²) in [5.74, 6) is -0.680. The minimum atomic E-state index is -2.98. The Hall–Kier alpha value is -2.45. The van der Waals surface area contributed by atoms with E-state index in [-0.39, 0.29) is 44.1 Å². The van der Waals surface area contributed by atoms with Gasteiger partial charge in [0, 0.05) is 24.7 Å². The summed E-state index contributed by atoms with van der Waals surface area (Å²) < 4.78 is 22.8. The molecule has 10 nitrogen and oxygen atoms in total. The Morgan fingerprint density at radius 2 is 2.07 bits per heavy atom. The van der Waals surface area contributed by atoms with E-state index in [1.165, 1.54) is 6.08 Å². The monoisotopic (exact) mass is 416 g/mol. The fraction of sp³-hybridized carbons (Fsp3) is 0.529. The summed E-state index contributed by atoms with van der Waals surface area (Å²) >= 11 is 0. The standard InChI is InChI=1S/C17H25N2O8P/c1-3-26-28(24,4-2)13-16(20)18-14-7-5-8-15(11-10-14)27-17(21)9-6-12-25-19(22)23/h5,8,10-11H,3-4,6-7,9,12-13H2,1-2H3,(H,18,20). The zero-order valence-corrected chi connectivity index (χ0v) is 16.8. The Balaban J connectivity index is 2.54. The van der Waals surface area contributed by atoms with Crippen molar-refractivity contribution in [2.75, 3.05) is 25.5 Å². The summed E-state index contributed by atoms with van der Waals surface area (Å²) in [6.45, 7) is 3.53. The molecule has 1 aliphatic rings. The average Bonchev–Trinajstić information content (AvgIpc) is 2.84. The maximum atomic E-state index is 12.4. The molecule has 1 N–H and O–H groups in total. The number of allylic oxidation sites excluding steroid dienone is 4. The lowest BCUT2D eigenvalue weighted by atomic mass is 10.3. The van der Waals surface area contributed by atoms with Crippen LogP contribution in [0.25, 0.3) is 0 Å². The van der Waals surface area contributed by atoms with Crippen LogP contribution in [0.2, 0.25) is 0 Å². The molecule has 0 aromatic carbocycles. The van der Waals surface area contributed by atoms with Gasteiger partial charge < -0.3 is 19.4 Å². The molecule has 0 radical (unpaired) electrons. The van der Waals surface area contributed by atoms with Crippen molar-refractivity contribution in [2.45, 2.75) is 33.1 Å². The molecule has 0 spiro atoms. The van der Waals surface area contributed by atoms with Crippen molar-refractivity contribution in [3.8, 4) is 0 Å². The maximum Gasteiger partial charge on any atom is 0.311 e. The van der Waals surface area contributed by atoms with Gasteiger partial charge in [0.2, 0.25) is 13.3 Å². The molecule has 0 aliphatic heterocycles. The highest BCUT2D eigenvalue weighted by Gasteiger charge is 2.24. The zero-order valence-electron chi connectivity index (χ0n) is 15.9. The number of amides is 1. The summed E-state index contributed by atoms with van der Waals surface area (Å²) in [6, 6.07) is 0. The van der Waals surface area contributed by atoms with Gasteiger partial charge in [-0.15, -0.1) is 10.1 Å². The van der Waals surface area contributed by atoms with Crippen molar-refractivity contribution in [1.29, 1.82) is 0 Å². The zero-order chi connectivity index (χ0) is 21.0. The molecule has 1 aliphatic carbocycles. The van der Waals surface area contributed by atoms with Crippen LogP contribution < -0.4 is 5.32 Å². The van der Waals surface area contributed by atoms with Crippen molar-refractivity contribution in [3.63, 3.8) is 0 Å². The molecule has 1 atom stereocenters. The molecule has 0 saturated heterocycles. The third-order valence-corrected chi connectivity index (χ3v) is 6.01. The molecule has 0 bridgehead atoms. The van der Waals surface area contributed by atoms with Crippen molar-refractivity contribution in [3.05, 3.63) is 45.9 Å². The Labute approximate surface area is 163 Å². The normalized spacial score (nSPS) is 15.5. The lowest BCUT2D eigenvalue weighted by Gasteiger charge is -2.16. The second kappa shape index (κ2) is 12.1. The summed E-state index contributed by atoms with van der Waals surface area (Å²) in [5.41, 5.74) is 0.561. The van der Waals surface area contributed by atoms with Gasteiger partial charge in [0.15, 0.2) is 0 Å². The van der Waals surface area contributed by atoms with Crippen LogP contribution in [0, 0.1) is 10.1 Å². The Morgan fingerprint density at radius 1 is 1.32 bits per heavy atom. The first kappa shape index (κ1) is 23.6. The Kier molecular flexibility index (Phi) is 10.2. The molecular weight excluding hydrogens is 391 g/mol. The summed E-state index contributed by atoms with van der Waals surface area (Å²) in [5, 5.41) is 11.8. The fourth-order valence-corrected chi connectivity index (χ4v) is 3.71. The molecule has 0 saturated carbocycles. The number of rotatable bonds is 12. The highest BCUT2D eigenvalue weighted by atomic mass is 31.2. The number of ether oxygens (including phenoxy) is 1. The third kappa shape index (κ3) is 9.48. The lowest BCUT2D eigenvalue weighted by molar-refractivity contribution is -0.757. The van der Waals surface area contributed by atoms with E-state index in [4.69, 9.17) is 9.26 Å². The Bertz CT molecular complexity index is 714. The number of hydrogen-bond donors (Lipinski definition) is 1. The SMILES string of the molecule is CCOP(=O)(CC)CC(=O)NC1=CC=C(OC(=O)CCCO[N+](=O)[O-])C=CC1. The van der Waals surface area contributed by atoms with Crippen molar-refractivity contribution in [2.24, 2.45) is 0 Å². The number of carbonyl (C=O) groups excluding carboxylic acids is 2. The van der Waals surface area contributed by atoms with Gasteiger partial charge in [0.25, 0.3) is 5.09 Å². The highest BCUT2D eigenvalue weighted by molar-refractivity contribution is 7.59. The number of carbonyl (C=O) groups is 2. The van der Waals surface area contributed by atoms with Gasteiger partial charge in [-0.1, -0.05) is 13.0 Å². The molecule has 0 aromatic rings.